The molecule has 5 nitrogen and oxygen atoms in total. The highest BCUT2D eigenvalue weighted by Gasteiger charge is 2.03. The number of carboxylic acids is 1. The van der Waals surface area contributed by atoms with E-state index in [9.17, 15) is 9.59 Å². The van der Waals surface area contributed by atoms with Crippen LogP contribution in [0, 0.1) is 0 Å². The van der Waals surface area contributed by atoms with Crippen LogP contribution in [0.1, 0.15) is 18.9 Å². The van der Waals surface area contributed by atoms with Crippen molar-refractivity contribution < 1.29 is 14.7 Å². The van der Waals surface area contributed by atoms with E-state index in [4.69, 9.17) is 5.11 Å². The highest BCUT2D eigenvalue weighted by Crippen LogP contribution is 2.11. The van der Waals surface area contributed by atoms with Crippen LogP contribution in [0.25, 0.3) is 6.08 Å². The van der Waals surface area contributed by atoms with Gasteiger partial charge in [0.05, 0.1) is 0 Å². The minimum absolute atomic E-state index is 0.239. The zero-order valence-corrected chi connectivity index (χ0v) is 12.9. The zero-order chi connectivity index (χ0) is 15.7. The van der Waals surface area contributed by atoms with Gasteiger partial charge < -0.3 is 15.7 Å². The number of nitrogens with one attached hydrogen (secondary N) is 2. The summed E-state index contributed by atoms with van der Waals surface area (Å²) in [6, 6.07) is 6.70. The molecular formula is C15H20N2O3S. The van der Waals surface area contributed by atoms with Crippen molar-refractivity contribution in [3.8, 4) is 0 Å². The lowest BCUT2D eigenvalue weighted by molar-refractivity contribution is -0.131. The minimum Gasteiger partial charge on any atom is -0.478 e. The zero-order valence-electron chi connectivity index (χ0n) is 12.1. The van der Waals surface area contributed by atoms with Gasteiger partial charge in [0.25, 0.3) is 0 Å². The lowest BCUT2D eigenvalue weighted by atomic mass is 10.2. The number of hydrogen-bond acceptors (Lipinski definition) is 3. The number of hydrogen-bond donors (Lipinski definition) is 3. The molecule has 0 heterocycles. The Morgan fingerprint density at radius 2 is 2.00 bits per heavy atom. The van der Waals surface area contributed by atoms with Gasteiger partial charge in [-0.15, -0.1) is 0 Å². The van der Waals surface area contributed by atoms with Crippen molar-refractivity contribution >= 4 is 35.5 Å². The van der Waals surface area contributed by atoms with E-state index < -0.39 is 5.97 Å². The first-order valence-corrected chi connectivity index (χ1v) is 7.88. The van der Waals surface area contributed by atoms with E-state index >= 15 is 0 Å². The molecule has 1 aromatic carbocycles. The first kappa shape index (κ1) is 17.1. The molecule has 2 amide bonds. The average molecular weight is 308 g/mol. The maximum Gasteiger partial charge on any atom is 0.328 e. The van der Waals surface area contributed by atoms with Crippen LogP contribution >= 0.6 is 11.8 Å². The van der Waals surface area contributed by atoms with E-state index in [-0.39, 0.29) is 6.03 Å². The van der Waals surface area contributed by atoms with Crippen LogP contribution in [0.4, 0.5) is 10.5 Å². The molecule has 1 aromatic rings. The summed E-state index contributed by atoms with van der Waals surface area (Å²) < 4.78 is 0. The number of thioether (sulfide) groups is 1. The Bertz CT molecular complexity index is 500. The van der Waals surface area contributed by atoms with Crippen LogP contribution in [0.15, 0.2) is 30.3 Å². The molecule has 1 unspecified atom stereocenters. The van der Waals surface area contributed by atoms with Crippen LogP contribution in [-0.2, 0) is 4.79 Å². The van der Waals surface area contributed by atoms with E-state index in [1.807, 2.05) is 6.26 Å². The number of anilines is 1. The van der Waals surface area contributed by atoms with Crippen LogP contribution in [-0.4, -0.2) is 35.2 Å². The molecule has 0 aromatic heterocycles. The molecule has 0 aliphatic rings. The maximum absolute atomic E-state index is 11.7. The van der Waals surface area contributed by atoms with Crippen LogP contribution < -0.4 is 10.6 Å². The Morgan fingerprint density at radius 3 is 2.57 bits per heavy atom. The number of rotatable bonds is 7. The van der Waals surface area contributed by atoms with Crippen molar-refractivity contribution in [1.29, 1.82) is 0 Å². The number of aliphatic carboxylic acids is 1. The highest BCUT2D eigenvalue weighted by molar-refractivity contribution is 7.99. The molecule has 0 saturated carbocycles. The molecule has 0 radical (unpaired) electrons. The average Bonchev–Trinajstić information content (AvgIpc) is 2.46. The normalized spacial score (nSPS) is 12.1. The lowest BCUT2D eigenvalue weighted by Gasteiger charge is -2.10. The number of urea groups is 1. The molecule has 114 valence electrons. The van der Waals surface area contributed by atoms with Crippen molar-refractivity contribution in [3.05, 3.63) is 35.9 Å². The Balaban J connectivity index is 2.41. The van der Waals surface area contributed by atoms with E-state index in [0.29, 0.717) is 17.5 Å². The van der Waals surface area contributed by atoms with Gasteiger partial charge in [0, 0.05) is 23.6 Å². The topological polar surface area (TPSA) is 78.4 Å². The predicted molar refractivity (Wildman–Crippen MR) is 87.7 cm³/mol. The van der Waals surface area contributed by atoms with Crippen molar-refractivity contribution in [1.82, 2.24) is 5.32 Å². The minimum atomic E-state index is -0.990. The maximum atomic E-state index is 11.7. The molecule has 0 aliphatic heterocycles. The number of carboxylic acid groups (broad SMARTS) is 1. The number of carbonyl (C=O) groups is 2. The summed E-state index contributed by atoms with van der Waals surface area (Å²) >= 11 is 1.77. The third-order valence-corrected chi connectivity index (χ3v) is 3.87. The number of carbonyl (C=O) groups excluding carboxylic acids is 1. The summed E-state index contributed by atoms with van der Waals surface area (Å²) in [6.45, 7) is 2.75. The molecule has 21 heavy (non-hydrogen) atoms. The van der Waals surface area contributed by atoms with Gasteiger partial charge in [0.15, 0.2) is 0 Å². The quantitative estimate of drug-likeness (QED) is 0.677. The standard InChI is InChI=1S/C15H20N2O3S/c1-11(21-2)9-10-16-15(20)17-13-6-3-12(4-7-13)5-8-14(18)19/h3-8,11H,9-10H2,1-2H3,(H,18,19)(H2,16,17,20)/b8-5+. The largest absolute Gasteiger partial charge is 0.478 e. The van der Waals surface area contributed by atoms with Gasteiger partial charge in [0.2, 0.25) is 0 Å². The molecule has 0 saturated heterocycles. The molecular weight excluding hydrogens is 288 g/mol. The van der Waals surface area contributed by atoms with E-state index in [0.717, 1.165) is 18.1 Å². The van der Waals surface area contributed by atoms with Crippen molar-refractivity contribution in [2.45, 2.75) is 18.6 Å². The third-order valence-electron chi connectivity index (χ3n) is 2.83. The second-order valence-corrected chi connectivity index (χ2v) is 5.79. The molecule has 6 heteroatoms. The molecule has 3 N–H and O–H groups in total. The molecule has 0 bridgehead atoms. The van der Waals surface area contributed by atoms with Gasteiger partial charge in [-0.3, -0.25) is 0 Å². The Morgan fingerprint density at radius 1 is 1.33 bits per heavy atom. The third kappa shape index (κ3) is 7.41. The van der Waals surface area contributed by atoms with Crippen molar-refractivity contribution in [2.75, 3.05) is 18.1 Å². The van der Waals surface area contributed by atoms with Gasteiger partial charge in [0.1, 0.15) is 0 Å². The first-order chi connectivity index (χ1) is 10.0. The molecule has 0 fully saturated rings. The summed E-state index contributed by atoms with van der Waals surface area (Å²) in [5, 5.41) is 14.6. The fourth-order valence-corrected chi connectivity index (χ4v) is 1.88. The van der Waals surface area contributed by atoms with E-state index in [1.54, 1.807) is 36.0 Å². The number of amides is 2. The van der Waals surface area contributed by atoms with E-state index in [2.05, 4.69) is 17.6 Å². The molecule has 0 spiro atoms. The second-order valence-electron chi connectivity index (χ2n) is 4.51. The summed E-state index contributed by atoms with van der Waals surface area (Å²) in [4.78, 5) is 22.1. The monoisotopic (exact) mass is 308 g/mol. The van der Waals surface area contributed by atoms with Crippen molar-refractivity contribution in [2.24, 2.45) is 0 Å². The van der Waals surface area contributed by atoms with Gasteiger partial charge in [-0.25, -0.2) is 9.59 Å². The summed E-state index contributed by atoms with van der Waals surface area (Å²) in [7, 11) is 0. The predicted octanol–water partition coefficient (Wildman–Crippen LogP) is 3.05. The van der Waals surface area contributed by atoms with E-state index in [1.165, 1.54) is 6.08 Å². The summed E-state index contributed by atoms with van der Waals surface area (Å²) in [5.41, 5.74) is 1.43. The van der Waals surface area contributed by atoms with Crippen molar-refractivity contribution in [3.63, 3.8) is 0 Å². The molecule has 0 aliphatic carbocycles. The Kier molecular flexibility index (Phi) is 7.39. The number of benzene rings is 1. The fraction of sp³-hybridized carbons (Fsp3) is 0.333. The van der Waals surface area contributed by atoms with Gasteiger partial charge in [-0.2, -0.15) is 11.8 Å². The van der Waals surface area contributed by atoms with Crippen LogP contribution in [0.2, 0.25) is 0 Å². The highest BCUT2D eigenvalue weighted by atomic mass is 32.2. The smallest absolute Gasteiger partial charge is 0.328 e. The first-order valence-electron chi connectivity index (χ1n) is 6.60. The second kappa shape index (κ2) is 9.07. The lowest BCUT2D eigenvalue weighted by Crippen LogP contribution is -2.30. The van der Waals surface area contributed by atoms with Crippen LogP contribution in [0.3, 0.4) is 0 Å². The van der Waals surface area contributed by atoms with Gasteiger partial charge in [-0.05, 0) is 36.4 Å². The Labute approximate surface area is 128 Å². The van der Waals surface area contributed by atoms with Gasteiger partial charge >= 0.3 is 12.0 Å². The van der Waals surface area contributed by atoms with Crippen LogP contribution in [0.5, 0.6) is 0 Å². The van der Waals surface area contributed by atoms with Gasteiger partial charge in [-0.1, -0.05) is 19.1 Å². The SMILES string of the molecule is CSC(C)CCNC(=O)Nc1ccc(/C=C/C(=O)O)cc1. The summed E-state index contributed by atoms with van der Waals surface area (Å²) in [5.74, 6) is -0.990. The molecule has 1 atom stereocenters. The fourth-order valence-electron chi connectivity index (χ4n) is 1.53. The Hall–Kier alpha value is -1.95. The molecule has 1 rings (SSSR count). The summed E-state index contributed by atoms with van der Waals surface area (Å²) in [6.07, 6.45) is 5.54.